The van der Waals surface area contributed by atoms with Gasteiger partial charge in [-0.2, -0.15) is 12.8 Å². The van der Waals surface area contributed by atoms with E-state index in [4.69, 9.17) is 0 Å². The van der Waals surface area contributed by atoms with Crippen LogP contribution in [0.2, 0.25) is 0 Å². The van der Waals surface area contributed by atoms with Crippen LogP contribution in [0.1, 0.15) is 12.5 Å². The van der Waals surface area contributed by atoms with Crippen molar-refractivity contribution >= 4 is 39.2 Å². The normalized spacial score (nSPS) is 15.3. The number of benzene rings is 1. The van der Waals surface area contributed by atoms with Crippen LogP contribution in [0.3, 0.4) is 0 Å². The van der Waals surface area contributed by atoms with Gasteiger partial charge in [-0.05, 0) is 42.0 Å². The lowest BCUT2D eigenvalue weighted by atomic mass is 10.0. The number of allylic oxidation sites excluding steroid dienone is 2. The first-order valence-corrected chi connectivity index (χ1v) is 9.59. The van der Waals surface area contributed by atoms with Crippen molar-refractivity contribution in [2.24, 2.45) is 9.39 Å². The standard InChI is InChI=1S/C19H14F2N4O3S/c1-11-17(25-29(27,28)18-9-15(20)3-4-16(18)21)7-14(10-23-11)13-5-6-22-19(8-13)24-12(2)26/h3-10H,1H2,2H3,(H,22,24,26). The van der Waals surface area contributed by atoms with Crippen molar-refractivity contribution in [1.82, 2.24) is 4.98 Å². The summed E-state index contributed by atoms with van der Waals surface area (Å²) in [6.45, 7) is 4.96. The lowest BCUT2D eigenvalue weighted by Gasteiger charge is -2.12. The van der Waals surface area contributed by atoms with Gasteiger partial charge in [-0.1, -0.05) is 6.58 Å². The minimum atomic E-state index is -4.55. The molecule has 1 aromatic heterocycles. The number of sulfonamides is 1. The quantitative estimate of drug-likeness (QED) is 0.827. The van der Waals surface area contributed by atoms with Gasteiger partial charge >= 0.3 is 0 Å². The number of hydrogen-bond acceptors (Lipinski definition) is 5. The van der Waals surface area contributed by atoms with E-state index < -0.39 is 26.6 Å². The molecule has 0 saturated carbocycles. The fourth-order valence-corrected chi connectivity index (χ4v) is 3.52. The number of carbonyl (C=O) groups excluding carboxylic acids is 1. The van der Waals surface area contributed by atoms with Crippen LogP contribution < -0.4 is 5.32 Å². The van der Waals surface area contributed by atoms with Crippen molar-refractivity contribution in [3.05, 3.63) is 72.1 Å². The number of nitrogens with zero attached hydrogens (tertiary/aromatic N) is 3. The smallest absolute Gasteiger partial charge is 0.285 e. The van der Waals surface area contributed by atoms with Crippen molar-refractivity contribution in [3.8, 4) is 0 Å². The Hall–Kier alpha value is -3.53. The number of amides is 1. The molecule has 0 aliphatic carbocycles. The summed E-state index contributed by atoms with van der Waals surface area (Å²) in [4.78, 5) is 18.3. The Balaban J connectivity index is 2.03. The number of rotatable bonds is 4. The molecule has 2 aromatic rings. The van der Waals surface area contributed by atoms with Crippen molar-refractivity contribution in [2.45, 2.75) is 11.8 Å². The van der Waals surface area contributed by atoms with Crippen LogP contribution in [0.15, 0.2) is 69.2 Å². The number of nitrogens with one attached hydrogen (secondary N) is 1. The number of aromatic nitrogens is 1. The molecule has 1 N–H and O–H groups in total. The van der Waals surface area contributed by atoms with Gasteiger partial charge in [0.2, 0.25) is 5.91 Å². The topological polar surface area (TPSA) is 101 Å². The summed E-state index contributed by atoms with van der Waals surface area (Å²) in [6, 6.07) is 5.25. The van der Waals surface area contributed by atoms with Gasteiger partial charge in [-0.25, -0.2) is 13.8 Å². The molecule has 1 amide bonds. The van der Waals surface area contributed by atoms with Gasteiger partial charge in [0, 0.05) is 24.9 Å². The molecule has 0 atom stereocenters. The van der Waals surface area contributed by atoms with Gasteiger partial charge in [0.05, 0.1) is 5.70 Å². The molecule has 1 aromatic carbocycles. The zero-order valence-electron chi connectivity index (χ0n) is 15.1. The highest BCUT2D eigenvalue weighted by Crippen LogP contribution is 2.23. The van der Waals surface area contributed by atoms with E-state index in [1.165, 1.54) is 25.4 Å². The molecule has 2 heterocycles. The molecule has 29 heavy (non-hydrogen) atoms. The molecular weight excluding hydrogens is 402 g/mol. The van der Waals surface area contributed by atoms with E-state index in [2.05, 4.69) is 26.3 Å². The Bertz CT molecular complexity index is 1220. The van der Waals surface area contributed by atoms with Crippen LogP contribution in [0, 0.1) is 11.6 Å². The highest BCUT2D eigenvalue weighted by Gasteiger charge is 2.22. The van der Waals surface area contributed by atoms with Crippen LogP contribution in [0.4, 0.5) is 14.6 Å². The second-order valence-electron chi connectivity index (χ2n) is 5.94. The number of carbonyl (C=O) groups is 1. The van der Waals surface area contributed by atoms with E-state index in [1.54, 1.807) is 12.1 Å². The highest BCUT2D eigenvalue weighted by atomic mass is 32.2. The molecule has 3 rings (SSSR count). The van der Waals surface area contributed by atoms with E-state index in [0.717, 1.165) is 6.07 Å². The molecular formula is C19H14F2N4O3S. The Labute approximate surface area is 165 Å². The van der Waals surface area contributed by atoms with E-state index in [-0.39, 0.29) is 17.3 Å². The third kappa shape index (κ3) is 4.66. The van der Waals surface area contributed by atoms with Crippen LogP contribution in [0.5, 0.6) is 0 Å². The summed E-state index contributed by atoms with van der Waals surface area (Å²) in [5.74, 6) is -2.05. The minimum Gasteiger partial charge on any atom is -0.311 e. The van der Waals surface area contributed by atoms with Crippen LogP contribution in [0.25, 0.3) is 5.57 Å². The molecule has 0 spiro atoms. The van der Waals surface area contributed by atoms with E-state index in [9.17, 15) is 22.0 Å². The van der Waals surface area contributed by atoms with Crippen molar-refractivity contribution in [1.29, 1.82) is 0 Å². The predicted octanol–water partition coefficient (Wildman–Crippen LogP) is 3.13. The zero-order chi connectivity index (χ0) is 21.2. The summed E-state index contributed by atoms with van der Waals surface area (Å²) in [5, 5.41) is 2.53. The maximum atomic E-state index is 13.9. The maximum Gasteiger partial charge on any atom is 0.285 e. The Morgan fingerprint density at radius 2 is 1.97 bits per heavy atom. The Morgan fingerprint density at radius 1 is 1.21 bits per heavy atom. The van der Waals surface area contributed by atoms with Crippen molar-refractivity contribution < 1.29 is 22.0 Å². The fourth-order valence-electron chi connectivity index (χ4n) is 2.43. The molecule has 1 aliphatic heterocycles. The van der Waals surface area contributed by atoms with Gasteiger partial charge in [0.25, 0.3) is 10.0 Å². The van der Waals surface area contributed by atoms with Gasteiger partial charge in [-0.15, -0.1) is 0 Å². The Kier molecular flexibility index (Phi) is 5.46. The third-order valence-electron chi connectivity index (χ3n) is 3.73. The van der Waals surface area contributed by atoms with Crippen LogP contribution >= 0.6 is 0 Å². The average Bonchev–Trinajstić information content (AvgIpc) is 2.65. The SMILES string of the molecule is C=C1N=CC(c2ccnc(NC(C)=O)c2)=CC1=NS(=O)(=O)c1cc(F)ccc1F. The van der Waals surface area contributed by atoms with Crippen LogP contribution in [-0.4, -0.2) is 31.2 Å². The molecule has 0 unspecified atom stereocenters. The molecule has 0 saturated heterocycles. The summed E-state index contributed by atoms with van der Waals surface area (Å²) in [6.07, 6.45) is 4.27. The summed E-state index contributed by atoms with van der Waals surface area (Å²) >= 11 is 0. The van der Waals surface area contributed by atoms with Gasteiger partial charge in [0.1, 0.15) is 28.1 Å². The van der Waals surface area contributed by atoms with Crippen molar-refractivity contribution in [3.63, 3.8) is 0 Å². The molecule has 7 nitrogen and oxygen atoms in total. The first-order valence-electron chi connectivity index (χ1n) is 8.15. The first-order chi connectivity index (χ1) is 13.7. The highest BCUT2D eigenvalue weighted by molar-refractivity contribution is 7.90. The predicted molar refractivity (Wildman–Crippen MR) is 105 cm³/mol. The average molecular weight is 416 g/mol. The summed E-state index contributed by atoms with van der Waals surface area (Å²) in [7, 11) is -4.55. The summed E-state index contributed by atoms with van der Waals surface area (Å²) < 4.78 is 55.8. The number of hydrogen-bond donors (Lipinski definition) is 1. The second-order valence-corrected chi connectivity index (χ2v) is 7.51. The molecule has 0 bridgehead atoms. The van der Waals surface area contributed by atoms with Crippen molar-refractivity contribution in [2.75, 3.05) is 5.32 Å². The molecule has 148 valence electrons. The number of anilines is 1. The number of halogens is 2. The minimum absolute atomic E-state index is 0.0327. The second kappa shape index (κ2) is 7.84. The van der Waals surface area contributed by atoms with Crippen LogP contribution in [-0.2, 0) is 14.8 Å². The largest absolute Gasteiger partial charge is 0.311 e. The fraction of sp³-hybridized carbons (Fsp3) is 0.0526. The third-order valence-corrected chi connectivity index (χ3v) is 5.04. The number of pyridine rings is 1. The van der Waals surface area contributed by atoms with E-state index >= 15 is 0 Å². The molecule has 0 fully saturated rings. The molecule has 10 heteroatoms. The number of dihydropyridines is 1. The lowest BCUT2D eigenvalue weighted by molar-refractivity contribution is -0.114. The van der Waals surface area contributed by atoms with Gasteiger partial charge in [0.15, 0.2) is 0 Å². The molecule has 1 aliphatic rings. The lowest BCUT2D eigenvalue weighted by Crippen LogP contribution is -2.10. The summed E-state index contributed by atoms with van der Waals surface area (Å²) in [5.41, 5.74) is 0.927. The molecule has 0 radical (unpaired) electrons. The number of aliphatic imine (C=N–C) groups is 1. The van der Waals surface area contributed by atoms with Gasteiger partial charge < -0.3 is 5.32 Å². The first kappa shape index (κ1) is 20.2. The van der Waals surface area contributed by atoms with E-state index in [0.29, 0.717) is 29.1 Å². The monoisotopic (exact) mass is 416 g/mol. The maximum absolute atomic E-state index is 13.9. The Morgan fingerprint density at radius 3 is 2.69 bits per heavy atom. The van der Waals surface area contributed by atoms with Gasteiger partial charge in [-0.3, -0.25) is 9.79 Å². The van der Waals surface area contributed by atoms with E-state index in [1.807, 2.05) is 0 Å². The zero-order valence-corrected chi connectivity index (χ0v) is 15.9.